The summed E-state index contributed by atoms with van der Waals surface area (Å²) >= 11 is 0.249. The molecular weight excluding hydrogens is 606 g/mol. The number of aromatic nitrogens is 1. The Labute approximate surface area is 238 Å². The van der Waals surface area contributed by atoms with E-state index in [1.54, 1.807) is 4.72 Å². The van der Waals surface area contributed by atoms with E-state index >= 15 is 0 Å². The predicted octanol–water partition coefficient (Wildman–Crippen LogP) is 2.77. The molecule has 0 amide bonds. The summed E-state index contributed by atoms with van der Waals surface area (Å²) in [6.45, 7) is 0.825. The van der Waals surface area contributed by atoms with E-state index in [1.807, 2.05) is 35.2 Å². The van der Waals surface area contributed by atoms with Crippen LogP contribution in [0.25, 0.3) is 0 Å². The van der Waals surface area contributed by atoms with Crippen molar-refractivity contribution < 1.29 is 45.2 Å². The molecule has 1 aliphatic heterocycles. The number of pyridine rings is 1. The second-order valence-corrected chi connectivity index (χ2v) is 13.5. The Bertz CT molecular complexity index is 1520. The van der Waals surface area contributed by atoms with E-state index in [1.165, 1.54) is 60.8 Å². The highest BCUT2D eigenvalue weighted by atomic mass is 32.3. The number of alkyl halides is 3. The topological polar surface area (TPSA) is 150 Å². The molecule has 3 aromatic rings. The molecule has 2 heterocycles. The Morgan fingerprint density at radius 3 is 2.29 bits per heavy atom. The fourth-order valence-electron chi connectivity index (χ4n) is 3.96. The van der Waals surface area contributed by atoms with Gasteiger partial charge in [0, 0.05) is 12.1 Å². The van der Waals surface area contributed by atoms with Crippen LogP contribution in [0, 0.1) is 11.5 Å². The molecule has 4 unspecified atom stereocenters. The van der Waals surface area contributed by atoms with Crippen LogP contribution in [0.1, 0.15) is 22.3 Å². The fourth-order valence-corrected chi connectivity index (χ4v) is 8.73. The molecule has 41 heavy (non-hydrogen) atoms. The van der Waals surface area contributed by atoms with Crippen LogP contribution in [0.2, 0.25) is 0 Å². The first-order valence-corrected chi connectivity index (χ1v) is 15.9. The zero-order valence-corrected chi connectivity index (χ0v) is 23.4. The molecule has 2 aromatic carbocycles. The summed E-state index contributed by atoms with van der Waals surface area (Å²) in [7, 11) is -10.7. The van der Waals surface area contributed by atoms with Crippen molar-refractivity contribution in [1.29, 1.82) is 5.26 Å². The van der Waals surface area contributed by atoms with E-state index in [2.05, 4.69) is 0 Å². The molecule has 218 valence electrons. The Balaban J connectivity index is 1.57. The van der Waals surface area contributed by atoms with Gasteiger partial charge in [-0.1, -0.05) is 65.3 Å². The number of nitriles is 1. The van der Waals surface area contributed by atoms with Gasteiger partial charge in [-0.3, -0.25) is 0 Å². The van der Waals surface area contributed by atoms with Gasteiger partial charge in [-0.15, -0.1) is 0 Å². The Kier molecular flexibility index (Phi) is 9.29. The Morgan fingerprint density at radius 1 is 1.12 bits per heavy atom. The molecule has 0 bridgehead atoms. The van der Waals surface area contributed by atoms with Crippen molar-refractivity contribution in [2.45, 2.75) is 28.7 Å². The van der Waals surface area contributed by atoms with Crippen LogP contribution in [-0.4, -0.2) is 40.9 Å². The number of nitrogens with zero attached hydrogens (tertiary/aromatic N) is 4. The van der Waals surface area contributed by atoms with Gasteiger partial charge in [0.25, 0.3) is 0 Å². The van der Waals surface area contributed by atoms with E-state index < -0.39 is 44.8 Å². The standard InChI is InChI=1S/C24H23F3N5O6PS2/c25-24(26,27)32-23(41(36,37)29-21(39(33,34)35)18-7-3-1-4-8-18)40-22(31(32)17-28)19-9-11-20(12-10-19)38-16-15-30-13-5-2-6-14-30/h1-14,21-23,29H,15-16H2,(H-,33,34,35). The summed E-state index contributed by atoms with van der Waals surface area (Å²) in [6, 6.07) is 17.9. The SMILES string of the molecule is N#CN1C(c2ccc(OCC[n+]3ccccc3)cc2)SC(S(=O)(=O)NC(c2ccccc2)P(=O)([O-])O)N1C(F)(F)F. The Morgan fingerprint density at radius 2 is 1.73 bits per heavy atom. The van der Waals surface area contributed by atoms with E-state index in [0.717, 1.165) is 0 Å². The smallest absolute Gasteiger partial charge is 0.480 e. The van der Waals surface area contributed by atoms with Crippen molar-refractivity contribution in [3.8, 4) is 11.9 Å². The van der Waals surface area contributed by atoms with Gasteiger partial charge in [0.2, 0.25) is 14.7 Å². The van der Waals surface area contributed by atoms with Gasteiger partial charge in [0.15, 0.2) is 32.7 Å². The molecule has 1 saturated heterocycles. The third kappa shape index (κ3) is 7.38. The maximum Gasteiger partial charge on any atom is 0.480 e. The summed E-state index contributed by atoms with van der Waals surface area (Å²) in [4.78, 5) is 21.7. The maximum atomic E-state index is 14.1. The summed E-state index contributed by atoms with van der Waals surface area (Å²) in [5.74, 6) is -1.86. The normalized spacial score (nSPS) is 20.2. The average molecular weight is 630 g/mol. The third-order valence-electron chi connectivity index (χ3n) is 5.81. The minimum absolute atomic E-state index is 0.156. The number of sulfonamides is 1. The van der Waals surface area contributed by atoms with Crippen LogP contribution < -0.4 is 18.9 Å². The molecular formula is C24H23F3N5O6PS2. The largest absolute Gasteiger partial charge is 0.777 e. The predicted molar refractivity (Wildman–Crippen MR) is 139 cm³/mol. The Hall–Kier alpha value is -3.16. The highest BCUT2D eigenvalue weighted by molar-refractivity contribution is 8.13. The second kappa shape index (κ2) is 12.4. The lowest BCUT2D eigenvalue weighted by Gasteiger charge is -2.32. The van der Waals surface area contributed by atoms with Crippen LogP contribution in [0.4, 0.5) is 13.2 Å². The van der Waals surface area contributed by atoms with Crippen molar-refractivity contribution in [2.75, 3.05) is 6.61 Å². The van der Waals surface area contributed by atoms with Gasteiger partial charge in [0.1, 0.15) is 23.5 Å². The molecule has 0 aliphatic carbocycles. The lowest BCUT2D eigenvalue weighted by atomic mass is 10.2. The van der Waals surface area contributed by atoms with Crippen molar-refractivity contribution in [2.24, 2.45) is 0 Å². The van der Waals surface area contributed by atoms with Gasteiger partial charge in [-0.05, 0) is 23.3 Å². The van der Waals surface area contributed by atoms with Crippen molar-refractivity contribution in [1.82, 2.24) is 14.7 Å². The first kappa shape index (κ1) is 30.8. The van der Waals surface area contributed by atoms with Crippen LogP contribution in [0.5, 0.6) is 5.75 Å². The summed E-state index contributed by atoms with van der Waals surface area (Å²) < 4.78 is 87.7. The number of benzene rings is 2. The van der Waals surface area contributed by atoms with Crippen molar-refractivity contribution >= 4 is 29.4 Å². The summed E-state index contributed by atoms with van der Waals surface area (Å²) in [6.07, 6.45) is -0.266. The summed E-state index contributed by atoms with van der Waals surface area (Å²) in [5.41, 5.74) is -0.0574. The number of hydrazine groups is 1. The summed E-state index contributed by atoms with van der Waals surface area (Å²) in [5, 5.41) is 7.74. The molecule has 1 fully saturated rings. The lowest BCUT2D eigenvalue weighted by Crippen LogP contribution is -2.53. The number of hydrogen-bond acceptors (Lipinski definition) is 9. The minimum atomic E-state index is -5.47. The maximum absolute atomic E-state index is 14.1. The number of ether oxygens (including phenoxy) is 1. The molecule has 17 heteroatoms. The average Bonchev–Trinajstić information content (AvgIpc) is 3.34. The first-order valence-electron chi connectivity index (χ1n) is 11.8. The van der Waals surface area contributed by atoms with Crippen LogP contribution in [0.3, 0.4) is 0 Å². The molecule has 0 spiro atoms. The number of nitrogens with one attached hydrogen (secondary N) is 1. The van der Waals surface area contributed by atoms with E-state index in [4.69, 9.17) is 4.74 Å². The zero-order valence-electron chi connectivity index (χ0n) is 20.9. The highest BCUT2D eigenvalue weighted by Crippen LogP contribution is 2.52. The number of halogens is 3. The number of thioether (sulfide) groups is 1. The number of hydrogen-bond donors (Lipinski definition) is 2. The van der Waals surface area contributed by atoms with E-state index in [0.29, 0.717) is 18.9 Å². The second-order valence-electron chi connectivity index (χ2n) is 8.62. The molecule has 4 atom stereocenters. The van der Waals surface area contributed by atoms with Crippen molar-refractivity contribution in [3.63, 3.8) is 0 Å². The monoisotopic (exact) mass is 629 g/mol. The van der Waals surface area contributed by atoms with Crippen LogP contribution in [0.15, 0.2) is 85.2 Å². The van der Waals surface area contributed by atoms with E-state index in [9.17, 15) is 41.2 Å². The molecule has 1 aliphatic rings. The van der Waals surface area contributed by atoms with Gasteiger partial charge >= 0.3 is 6.30 Å². The zero-order chi connectivity index (χ0) is 29.8. The quantitative estimate of drug-likeness (QED) is 0.148. The number of rotatable bonds is 10. The molecule has 2 N–H and O–H groups in total. The molecule has 0 saturated carbocycles. The van der Waals surface area contributed by atoms with E-state index in [-0.39, 0.29) is 27.9 Å². The van der Waals surface area contributed by atoms with Gasteiger partial charge < -0.3 is 19.1 Å². The molecule has 4 rings (SSSR count). The fraction of sp³-hybridized carbons (Fsp3) is 0.250. The molecule has 1 aromatic heterocycles. The third-order valence-corrected chi connectivity index (χ3v) is 10.6. The van der Waals surface area contributed by atoms with Gasteiger partial charge in [-0.2, -0.15) is 23.2 Å². The minimum Gasteiger partial charge on any atom is -0.777 e. The highest BCUT2D eigenvalue weighted by Gasteiger charge is 2.59. The molecule has 0 radical (unpaired) electrons. The molecule has 11 nitrogen and oxygen atoms in total. The van der Waals surface area contributed by atoms with Crippen LogP contribution in [-0.2, 0) is 21.1 Å². The van der Waals surface area contributed by atoms with Crippen molar-refractivity contribution in [3.05, 3.63) is 96.3 Å². The lowest BCUT2D eigenvalue weighted by molar-refractivity contribution is -0.697. The van der Waals surface area contributed by atoms with Gasteiger partial charge in [-0.25, -0.2) is 18.0 Å². The van der Waals surface area contributed by atoms with Crippen LogP contribution >= 0.6 is 19.4 Å². The van der Waals surface area contributed by atoms with Gasteiger partial charge in [0.05, 0.1) is 0 Å². The first-order chi connectivity index (χ1) is 19.3.